The van der Waals surface area contributed by atoms with Gasteiger partial charge >= 0.3 is 0 Å². The number of rotatable bonds is 8. The fraction of sp³-hybridized carbons (Fsp3) is 0.182. The molecule has 6 heteroatoms. The number of carbonyl (C=O) groups is 1. The first-order valence-corrected chi connectivity index (χ1v) is 10.1. The van der Waals surface area contributed by atoms with Crippen LogP contribution >= 0.6 is 24.0 Å². The molecule has 144 valence electrons. The molecule has 4 nitrogen and oxygen atoms in total. The summed E-state index contributed by atoms with van der Waals surface area (Å²) in [4.78, 5) is 15.1. The van der Waals surface area contributed by atoms with E-state index in [-0.39, 0.29) is 5.91 Å². The van der Waals surface area contributed by atoms with Crippen molar-refractivity contribution in [3.05, 3.63) is 77.2 Å². The van der Waals surface area contributed by atoms with Crippen LogP contribution in [0.4, 0.5) is 0 Å². The monoisotopic (exact) mass is 411 g/mol. The molecule has 0 unspecified atom stereocenters. The normalized spacial score (nSPS) is 15.2. The molecule has 0 aromatic heterocycles. The molecular formula is C22H21NO3S2. The van der Waals surface area contributed by atoms with Gasteiger partial charge in [0.05, 0.1) is 12.0 Å². The van der Waals surface area contributed by atoms with Crippen molar-refractivity contribution in [1.29, 1.82) is 0 Å². The summed E-state index contributed by atoms with van der Waals surface area (Å²) < 4.78 is 11.4. The van der Waals surface area contributed by atoms with Gasteiger partial charge in [-0.2, -0.15) is 0 Å². The van der Waals surface area contributed by atoms with Crippen molar-refractivity contribution in [2.45, 2.75) is 6.42 Å². The molecule has 0 aliphatic carbocycles. The van der Waals surface area contributed by atoms with Crippen molar-refractivity contribution in [3.8, 4) is 11.5 Å². The molecule has 0 spiro atoms. The van der Waals surface area contributed by atoms with Gasteiger partial charge in [0.15, 0.2) is 0 Å². The highest BCUT2D eigenvalue weighted by atomic mass is 32.2. The molecule has 3 rings (SSSR count). The van der Waals surface area contributed by atoms with E-state index in [2.05, 4.69) is 6.58 Å². The summed E-state index contributed by atoms with van der Waals surface area (Å²) in [6, 6.07) is 15.4. The Labute approximate surface area is 174 Å². The average molecular weight is 412 g/mol. The van der Waals surface area contributed by atoms with Crippen LogP contribution < -0.4 is 9.47 Å². The maximum Gasteiger partial charge on any atom is 0.266 e. The zero-order chi connectivity index (χ0) is 19.9. The molecule has 0 radical (unpaired) electrons. The largest absolute Gasteiger partial charge is 0.497 e. The summed E-state index contributed by atoms with van der Waals surface area (Å²) in [5, 5.41) is 0. The van der Waals surface area contributed by atoms with Gasteiger partial charge in [0.1, 0.15) is 22.4 Å². The second-order valence-corrected chi connectivity index (χ2v) is 7.74. The molecule has 0 saturated carbocycles. The Morgan fingerprint density at radius 3 is 2.64 bits per heavy atom. The van der Waals surface area contributed by atoms with Crippen LogP contribution in [-0.4, -0.2) is 35.4 Å². The van der Waals surface area contributed by atoms with E-state index < -0.39 is 0 Å². The fourth-order valence-electron chi connectivity index (χ4n) is 2.75. The number of benzene rings is 2. The molecule has 2 aromatic rings. The second-order valence-electron chi connectivity index (χ2n) is 6.07. The van der Waals surface area contributed by atoms with E-state index in [4.69, 9.17) is 21.7 Å². The summed E-state index contributed by atoms with van der Waals surface area (Å²) >= 11 is 6.75. The van der Waals surface area contributed by atoms with Gasteiger partial charge in [0.2, 0.25) is 0 Å². The third kappa shape index (κ3) is 4.82. The number of carbonyl (C=O) groups excluding carboxylic acids is 1. The third-order valence-corrected chi connectivity index (χ3v) is 5.60. The highest BCUT2D eigenvalue weighted by Gasteiger charge is 2.31. The minimum atomic E-state index is -0.0676. The van der Waals surface area contributed by atoms with Gasteiger partial charge < -0.3 is 9.47 Å². The molecule has 0 atom stereocenters. The minimum absolute atomic E-state index is 0.0676. The third-order valence-electron chi connectivity index (χ3n) is 4.22. The van der Waals surface area contributed by atoms with Gasteiger partial charge in [0, 0.05) is 12.1 Å². The molecule has 1 saturated heterocycles. The molecule has 28 heavy (non-hydrogen) atoms. The standard InChI is InChI=1S/C22H21NO3S2/c1-3-14-26-19-7-5-4-6-17(19)15-20-21(24)23(22(27)28-20)13-12-16-8-10-18(25-2)11-9-16/h3-11,15H,1,12-14H2,2H3/b20-15-. The van der Waals surface area contributed by atoms with Crippen LogP contribution in [0.1, 0.15) is 11.1 Å². The first kappa shape index (κ1) is 20.2. The number of ether oxygens (including phenoxy) is 2. The van der Waals surface area contributed by atoms with Crippen LogP contribution in [0.3, 0.4) is 0 Å². The van der Waals surface area contributed by atoms with Crippen LogP contribution in [-0.2, 0) is 11.2 Å². The summed E-state index contributed by atoms with van der Waals surface area (Å²) in [7, 11) is 1.64. The summed E-state index contributed by atoms with van der Waals surface area (Å²) in [5.74, 6) is 1.46. The molecule has 1 aliphatic heterocycles. The predicted molar refractivity (Wildman–Crippen MR) is 119 cm³/mol. The van der Waals surface area contributed by atoms with Gasteiger partial charge in [-0.25, -0.2) is 0 Å². The first-order chi connectivity index (χ1) is 13.6. The number of thiocarbonyl (C=S) groups is 1. The van der Waals surface area contributed by atoms with E-state index in [1.807, 2.05) is 54.6 Å². The van der Waals surface area contributed by atoms with Crippen molar-refractivity contribution < 1.29 is 14.3 Å². The number of hydrogen-bond acceptors (Lipinski definition) is 5. The number of para-hydroxylation sites is 1. The Balaban J connectivity index is 1.70. The summed E-state index contributed by atoms with van der Waals surface area (Å²) in [5.41, 5.74) is 1.97. The van der Waals surface area contributed by atoms with Gasteiger partial charge in [-0.1, -0.05) is 67.0 Å². The van der Waals surface area contributed by atoms with E-state index in [0.29, 0.717) is 28.1 Å². The van der Waals surface area contributed by atoms with Gasteiger partial charge in [-0.3, -0.25) is 9.69 Å². The SMILES string of the molecule is C=CCOc1ccccc1/C=C1\SC(=S)N(CCc2ccc(OC)cc2)C1=O. The lowest BCUT2D eigenvalue weighted by Gasteiger charge is -2.14. The lowest BCUT2D eigenvalue weighted by atomic mass is 10.1. The molecule has 0 bridgehead atoms. The van der Waals surface area contributed by atoms with E-state index in [1.54, 1.807) is 18.1 Å². The molecule has 1 heterocycles. The number of thioether (sulfide) groups is 1. The van der Waals surface area contributed by atoms with Crippen molar-refractivity contribution in [3.63, 3.8) is 0 Å². The Morgan fingerprint density at radius 2 is 1.93 bits per heavy atom. The smallest absolute Gasteiger partial charge is 0.266 e. The van der Waals surface area contributed by atoms with Crippen LogP contribution in [0.2, 0.25) is 0 Å². The quantitative estimate of drug-likeness (QED) is 0.358. The van der Waals surface area contributed by atoms with Crippen LogP contribution in [0.15, 0.2) is 66.1 Å². The average Bonchev–Trinajstić information content (AvgIpc) is 2.99. The molecule has 1 aliphatic rings. The van der Waals surface area contributed by atoms with Gasteiger partial charge in [-0.15, -0.1) is 0 Å². The Bertz CT molecular complexity index is 906. The highest BCUT2D eigenvalue weighted by molar-refractivity contribution is 8.26. The van der Waals surface area contributed by atoms with E-state index in [9.17, 15) is 4.79 Å². The number of methoxy groups -OCH3 is 1. The van der Waals surface area contributed by atoms with Gasteiger partial charge in [-0.05, 0) is 36.3 Å². The fourth-order valence-corrected chi connectivity index (χ4v) is 4.05. The van der Waals surface area contributed by atoms with Crippen LogP contribution in [0.5, 0.6) is 11.5 Å². The summed E-state index contributed by atoms with van der Waals surface area (Å²) in [6.07, 6.45) is 4.25. The molecule has 0 N–H and O–H groups in total. The number of nitrogens with zero attached hydrogens (tertiary/aromatic N) is 1. The van der Waals surface area contributed by atoms with Gasteiger partial charge in [0.25, 0.3) is 5.91 Å². The second kappa shape index (κ2) is 9.57. The Morgan fingerprint density at radius 1 is 1.18 bits per heavy atom. The van der Waals surface area contributed by atoms with Crippen molar-refractivity contribution in [2.24, 2.45) is 0 Å². The van der Waals surface area contributed by atoms with E-state index in [1.165, 1.54) is 11.8 Å². The van der Waals surface area contributed by atoms with Crippen LogP contribution in [0.25, 0.3) is 6.08 Å². The zero-order valence-electron chi connectivity index (χ0n) is 15.6. The lowest BCUT2D eigenvalue weighted by Crippen LogP contribution is -2.30. The first-order valence-electron chi connectivity index (χ1n) is 8.83. The Hall–Kier alpha value is -2.57. The van der Waals surface area contributed by atoms with Crippen LogP contribution in [0, 0.1) is 0 Å². The highest BCUT2D eigenvalue weighted by Crippen LogP contribution is 2.34. The number of amides is 1. The minimum Gasteiger partial charge on any atom is -0.497 e. The van der Waals surface area contributed by atoms with E-state index >= 15 is 0 Å². The summed E-state index contributed by atoms with van der Waals surface area (Å²) in [6.45, 7) is 4.62. The van der Waals surface area contributed by atoms with Crippen molar-refractivity contribution in [1.82, 2.24) is 4.90 Å². The Kier molecular flexibility index (Phi) is 6.90. The topological polar surface area (TPSA) is 38.8 Å². The molecule has 1 amide bonds. The van der Waals surface area contributed by atoms with Crippen molar-refractivity contribution >= 4 is 40.3 Å². The van der Waals surface area contributed by atoms with Crippen molar-refractivity contribution in [2.75, 3.05) is 20.3 Å². The zero-order valence-corrected chi connectivity index (χ0v) is 17.2. The molecular weight excluding hydrogens is 390 g/mol. The maximum absolute atomic E-state index is 12.8. The maximum atomic E-state index is 12.8. The molecule has 1 fully saturated rings. The molecule has 2 aromatic carbocycles. The lowest BCUT2D eigenvalue weighted by molar-refractivity contribution is -0.122. The predicted octanol–water partition coefficient (Wildman–Crippen LogP) is 4.70. The number of hydrogen-bond donors (Lipinski definition) is 0. The van der Waals surface area contributed by atoms with E-state index in [0.717, 1.165) is 23.3 Å².